The first-order valence-electron chi connectivity index (χ1n) is 5.49. The predicted octanol–water partition coefficient (Wildman–Crippen LogP) is 0.725. The first-order chi connectivity index (χ1) is 8.88. The van der Waals surface area contributed by atoms with Crippen molar-refractivity contribution in [3.05, 3.63) is 41.9 Å². The summed E-state index contributed by atoms with van der Waals surface area (Å²) in [6.45, 7) is 1.74. The molecule has 0 saturated heterocycles. The largest absolute Gasteiger partial charge is 0.323 e. The van der Waals surface area contributed by atoms with E-state index in [4.69, 9.17) is 4.55 Å². The van der Waals surface area contributed by atoms with E-state index in [9.17, 15) is 13.2 Å². The maximum atomic E-state index is 11.8. The molecule has 2 amide bonds. The van der Waals surface area contributed by atoms with Gasteiger partial charge in [0.05, 0.1) is 12.2 Å². The van der Waals surface area contributed by atoms with Crippen LogP contribution in [-0.2, 0) is 16.7 Å². The molecule has 1 aliphatic heterocycles. The maximum absolute atomic E-state index is 11.8. The molecule has 1 unspecified atom stereocenters. The Balaban J connectivity index is 2.21. The molecule has 102 valence electrons. The van der Waals surface area contributed by atoms with Gasteiger partial charge in [0.2, 0.25) is 0 Å². The number of nitrogens with one attached hydrogen (secondary N) is 1. The normalized spacial score (nSPS) is 19.9. The van der Waals surface area contributed by atoms with Crippen LogP contribution in [-0.4, -0.2) is 34.3 Å². The minimum atomic E-state index is -4.35. The van der Waals surface area contributed by atoms with Gasteiger partial charge in [-0.25, -0.2) is 4.79 Å². The van der Waals surface area contributed by atoms with Gasteiger partial charge in [0.1, 0.15) is 0 Å². The zero-order chi connectivity index (χ0) is 14.0. The maximum Gasteiger partial charge on any atom is 0.323 e. The van der Waals surface area contributed by atoms with Gasteiger partial charge in [-0.1, -0.05) is 6.07 Å². The van der Waals surface area contributed by atoms with Crippen molar-refractivity contribution in [1.82, 2.24) is 15.2 Å². The third-order valence-corrected chi connectivity index (χ3v) is 3.73. The molecule has 7 nitrogen and oxygen atoms in total. The molecule has 1 aromatic heterocycles. The quantitative estimate of drug-likeness (QED) is 0.796. The zero-order valence-electron chi connectivity index (χ0n) is 10.1. The summed E-state index contributed by atoms with van der Waals surface area (Å²) in [6.07, 6.45) is 3.00. The van der Waals surface area contributed by atoms with Crippen LogP contribution in [0.4, 0.5) is 4.79 Å². The van der Waals surface area contributed by atoms with E-state index < -0.39 is 21.5 Å². The predicted molar refractivity (Wildman–Crippen MR) is 67.4 cm³/mol. The summed E-state index contributed by atoms with van der Waals surface area (Å²) in [6, 6.07) is 4.71. The van der Waals surface area contributed by atoms with Crippen LogP contribution >= 0.6 is 0 Å². The second-order valence-corrected chi connectivity index (χ2v) is 5.67. The molecular weight excluding hydrogens is 270 g/mol. The van der Waals surface area contributed by atoms with Crippen LogP contribution in [0.15, 0.2) is 36.2 Å². The van der Waals surface area contributed by atoms with Crippen molar-refractivity contribution in [3.8, 4) is 0 Å². The summed E-state index contributed by atoms with van der Waals surface area (Å²) < 4.78 is 31.1. The lowest BCUT2D eigenvalue weighted by Crippen LogP contribution is -2.50. The van der Waals surface area contributed by atoms with Crippen LogP contribution in [0, 0.1) is 0 Å². The average Bonchev–Trinajstić information content (AvgIpc) is 2.33. The molecule has 19 heavy (non-hydrogen) atoms. The molecule has 1 aliphatic rings. The van der Waals surface area contributed by atoms with E-state index in [2.05, 4.69) is 10.3 Å². The lowest BCUT2D eigenvalue weighted by atomic mass is 10.2. The second kappa shape index (κ2) is 4.98. The lowest BCUT2D eigenvalue weighted by Gasteiger charge is -2.28. The Kier molecular flexibility index (Phi) is 3.54. The summed E-state index contributed by atoms with van der Waals surface area (Å²) in [5.41, 5.74) is 1.00. The Morgan fingerprint density at radius 1 is 1.47 bits per heavy atom. The molecule has 0 spiro atoms. The standard InChI is InChI=1S/C11H13N3O4S/c1-8-6-14(7-9-4-2-3-5-12-9)11(15)13-10(8)19(16,17)18/h2-6,10H,7H2,1H3,(H,13,15)(H,16,17,18). The summed E-state index contributed by atoms with van der Waals surface area (Å²) in [7, 11) is -4.35. The Morgan fingerprint density at radius 2 is 2.21 bits per heavy atom. The van der Waals surface area contributed by atoms with Crippen LogP contribution in [0.2, 0.25) is 0 Å². The first kappa shape index (κ1) is 13.5. The number of rotatable bonds is 3. The third-order valence-electron chi connectivity index (χ3n) is 2.64. The highest BCUT2D eigenvalue weighted by atomic mass is 32.2. The van der Waals surface area contributed by atoms with Gasteiger partial charge in [-0.2, -0.15) is 8.42 Å². The summed E-state index contributed by atoms with van der Waals surface area (Å²) in [4.78, 5) is 17.2. The number of urea groups is 1. The topological polar surface area (TPSA) is 99.6 Å². The van der Waals surface area contributed by atoms with Crippen molar-refractivity contribution >= 4 is 16.1 Å². The lowest BCUT2D eigenvalue weighted by molar-refractivity contribution is 0.208. The van der Waals surface area contributed by atoms with Crippen molar-refractivity contribution in [1.29, 1.82) is 0 Å². The minimum Gasteiger partial charge on any atom is -0.315 e. The molecule has 0 saturated carbocycles. The van der Waals surface area contributed by atoms with Crippen molar-refractivity contribution < 1.29 is 17.8 Å². The number of aromatic nitrogens is 1. The summed E-state index contributed by atoms with van der Waals surface area (Å²) in [5.74, 6) is 0. The smallest absolute Gasteiger partial charge is 0.315 e. The number of amides is 2. The molecule has 1 aromatic rings. The SMILES string of the molecule is CC1=CN(Cc2ccccn2)C(=O)NC1S(=O)(=O)O. The molecule has 0 bridgehead atoms. The molecule has 0 radical (unpaired) electrons. The number of nitrogens with zero attached hydrogens (tertiary/aromatic N) is 2. The highest BCUT2D eigenvalue weighted by Crippen LogP contribution is 2.16. The zero-order valence-corrected chi connectivity index (χ0v) is 11.0. The summed E-state index contributed by atoms with van der Waals surface area (Å²) in [5, 5.41) is 0.840. The highest BCUT2D eigenvalue weighted by molar-refractivity contribution is 7.86. The Hall–Kier alpha value is -1.93. The van der Waals surface area contributed by atoms with Crippen molar-refractivity contribution in [2.24, 2.45) is 0 Å². The highest BCUT2D eigenvalue weighted by Gasteiger charge is 2.32. The monoisotopic (exact) mass is 283 g/mol. The van der Waals surface area contributed by atoms with Gasteiger partial charge in [-0.15, -0.1) is 0 Å². The number of carbonyl (C=O) groups is 1. The fourth-order valence-electron chi connectivity index (χ4n) is 1.77. The van der Waals surface area contributed by atoms with Crippen molar-refractivity contribution in [3.63, 3.8) is 0 Å². The van der Waals surface area contributed by atoms with Gasteiger partial charge in [-0.05, 0) is 24.6 Å². The Bertz CT molecular complexity index is 612. The summed E-state index contributed by atoms with van der Waals surface area (Å²) >= 11 is 0. The van der Waals surface area contributed by atoms with Gasteiger partial charge in [0.25, 0.3) is 10.1 Å². The average molecular weight is 283 g/mol. The number of carbonyl (C=O) groups excluding carboxylic acids is 1. The molecule has 0 fully saturated rings. The van der Waals surface area contributed by atoms with Crippen LogP contribution in [0.5, 0.6) is 0 Å². The van der Waals surface area contributed by atoms with Gasteiger partial charge in [-0.3, -0.25) is 14.4 Å². The van der Waals surface area contributed by atoms with Gasteiger partial charge in [0.15, 0.2) is 5.37 Å². The molecule has 2 rings (SSSR count). The molecule has 8 heteroatoms. The fourth-order valence-corrected chi connectivity index (χ4v) is 2.55. The van der Waals surface area contributed by atoms with E-state index in [1.807, 2.05) is 0 Å². The van der Waals surface area contributed by atoms with E-state index in [1.54, 1.807) is 24.4 Å². The molecule has 2 heterocycles. The van der Waals surface area contributed by atoms with Crippen LogP contribution in [0.1, 0.15) is 12.6 Å². The number of hydrogen-bond donors (Lipinski definition) is 2. The molecule has 0 aliphatic carbocycles. The first-order valence-corrected chi connectivity index (χ1v) is 7.00. The molecule has 0 aromatic carbocycles. The van der Waals surface area contributed by atoms with E-state index in [1.165, 1.54) is 18.0 Å². The molecule has 1 atom stereocenters. The third kappa shape index (κ3) is 3.09. The van der Waals surface area contributed by atoms with Crippen LogP contribution in [0.3, 0.4) is 0 Å². The molecular formula is C11H13N3O4S. The van der Waals surface area contributed by atoms with Gasteiger partial charge < -0.3 is 5.32 Å². The number of pyridine rings is 1. The fraction of sp³-hybridized carbons (Fsp3) is 0.273. The van der Waals surface area contributed by atoms with Gasteiger partial charge in [0, 0.05) is 12.4 Å². The van der Waals surface area contributed by atoms with Crippen LogP contribution in [0.25, 0.3) is 0 Å². The van der Waals surface area contributed by atoms with Crippen molar-refractivity contribution in [2.75, 3.05) is 0 Å². The van der Waals surface area contributed by atoms with E-state index in [-0.39, 0.29) is 6.54 Å². The van der Waals surface area contributed by atoms with E-state index in [0.29, 0.717) is 11.3 Å². The van der Waals surface area contributed by atoms with E-state index >= 15 is 0 Å². The van der Waals surface area contributed by atoms with E-state index in [0.717, 1.165) is 0 Å². The number of hydrogen-bond acceptors (Lipinski definition) is 4. The van der Waals surface area contributed by atoms with Gasteiger partial charge >= 0.3 is 6.03 Å². The molecule has 2 N–H and O–H groups in total. The Labute approximate surface area is 110 Å². The second-order valence-electron chi connectivity index (χ2n) is 4.17. The minimum absolute atomic E-state index is 0.224. The Morgan fingerprint density at radius 3 is 2.79 bits per heavy atom. The van der Waals surface area contributed by atoms with Crippen LogP contribution < -0.4 is 5.32 Å². The van der Waals surface area contributed by atoms with Crippen molar-refractivity contribution in [2.45, 2.75) is 18.8 Å².